The minimum Gasteiger partial charge on any atom is -0.493 e. The van der Waals surface area contributed by atoms with Gasteiger partial charge in [-0.15, -0.1) is 0 Å². The van der Waals surface area contributed by atoms with Crippen molar-refractivity contribution < 1.29 is 14.6 Å². The Bertz CT molecular complexity index is 605. The topological polar surface area (TPSA) is 64.4 Å². The molecule has 0 fully saturated rings. The van der Waals surface area contributed by atoms with Gasteiger partial charge in [-0.1, -0.05) is 19.1 Å². The first-order valence-corrected chi connectivity index (χ1v) is 6.70. The zero-order valence-corrected chi connectivity index (χ0v) is 11.7. The predicted molar refractivity (Wildman–Crippen MR) is 76.1 cm³/mol. The number of benzene rings is 1. The maximum absolute atomic E-state index is 11.3. The summed E-state index contributed by atoms with van der Waals surface area (Å²) in [6.07, 6.45) is 0.828. The molecule has 0 saturated heterocycles. The molecule has 0 bridgehead atoms. The standard InChI is InChI=1S/C15H18N2O3/c1-3-9-17-13(15(18)19)10-12(16-17)11-7-5-6-8-14(11)20-4-2/h5-8,10H,3-4,9H2,1-2H3,(H,18,19). The van der Waals surface area contributed by atoms with Crippen molar-refractivity contribution in [1.29, 1.82) is 0 Å². The van der Waals surface area contributed by atoms with Crippen molar-refractivity contribution >= 4 is 5.97 Å². The maximum Gasteiger partial charge on any atom is 0.354 e. The minimum atomic E-state index is -0.967. The smallest absolute Gasteiger partial charge is 0.354 e. The van der Waals surface area contributed by atoms with Crippen LogP contribution in [0.25, 0.3) is 11.3 Å². The maximum atomic E-state index is 11.3. The molecule has 0 amide bonds. The van der Waals surface area contributed by atoms with Gasteiger partial charge in [0.15, 0.2) is 0 Å². The van der Waals surface area contributed by atoms with Crippen LogP contribution in [0.5, 0.6) is 5.75 Å². The lowest BCUT2D eigenvalue weighted by Crippen LogP contribution is -2.09. The van der Waals surface area contributed by atoms with E-state index in [-0.39, 0.29) is 5.69 Å². The molecule has 2 aromatic rings. The second-order valence-electron chi connectivity index (χ2n) is 4.37. The number of aryl methyl sites for hydroxylation is 1. The van der Waals surface area contributed by atoms with Crippen molar-refractivity contribution in [2.45, 2.75) is 26.8 Å². The van der Waals surface area contributed by atoms with Gasteiger partial charge in [-0.05, 0) is 31.5 Å². The third-order valence-corrected chi connectivity index (χ3v) is 2.90. The van der Waals surface area contributed by atoms with Crippen molar-refractivity contribution in [2.24, 2.45) is 0 Å². The van der Waals surface area contributed by atoms with Crippen molar-refractivity contribution in [3.05, 3.63) is 36.0 Å². The third-order valence-electron chi connectivity index (χ3n) is 2.90. The highest BCUT2D eigenvalue weighted by atomic mass is 16.5. The number of aromatic nitrogens is 2. The van der Waals surface area contributed by atoms with Gasteiger partial charge in [0.25, 0.3) is 0 Å². The molecule has 1 aromatic heterocycles. The van der Waals surface area contributed by atoms with Crippen LogP contribution in [0.3, 0.4) is 0 Å². The van der Waals surface area contributed by atoms with Gasteiger partial charge in [0.05, 0.1) is 12.3 Å². The highest BCUT2D eigenvalue weighted by molar-refractivity contribution is 5.87. The second kappa shape index (κ2) is 6.23. The van der Waals surface area contributed by atoms with Gasteiger partial charge in [-0.3, -0.25) is 4.68 Å². The van der Waals surface area contributed by atoms with E-state index >= 15 is 0 Å². The molecule has 5 nitrogen and oxygen atoms in total. The van der Waals surface area contributed by atoms with Gasteiger partial charge in [0.1, 0.15) is 11.4 Å². The Labute approximate surface area is 117 Å². The molecule has 0 saturated carbocycles. The van der Waals surface area contributed by atoms with Crippen LogP contribution in [-0.4, -0.2) is 27.5 Å². The lowest BCUT2D eigenvalue weighted by molar-refractivity contribution is 0.0683. The number of nitrogens with zero attached hydrogens (tertiary/aromatic N) is 2. The number of hydrogen-bond acceptors (Lipinski definition) is 3. The Morgan fingerprint density at radius 1 is 1.35 bits per heavy atom. The summed E-state index contributed by atoms with van der Waals surface area (Å²) in [6.45, 7) is 5.03. The SMILES string of the molecule is CCCn1nc(-c2ccccc2OCC)cc1C(=O)O. The summed E-state index contributed by atoms with van der Waals surface area (Å²) >= 11 is 0. The molecule has 106 valence electrons. The fourth-order valence-electron chi connectivity index (χ4n) is 2.06. The number of aromatic carboxylic acids is 1. The first-order valence-electron chi connectivity index (χ1n) is 6.70. The summed E-state index contributed by atoms with van der Waals surface area (Å²) in [7, 11) is 0. The molecule has 1 N–H and O–H groups in total. The van der Waals surface area contributed by atoms with E-state index in [1.54, 1.807) is 6.07 Å². The van der Waals surface area contributed by atoms with Gasteiger partial charge in [-0.2, -0.15) is 5.10 Å². The molecule has 0 aliphatic heterocycles. The fourth-order valence-corrected chi connectivity index (χ4v) is 2.06. The van der Waals surface area contributed by atoms with Crippen molar-refractivity contribution in [2.75, 3.05) is 6.61 Å². The summed E-state index contributed by atoms with van der Waals surface area (Å²) in [5.74, 6) is -0.251. The lowest BCUT2D eigenvalue weighted by atomic mass is 10.1. The molecule has 0 spiro atoms. The van der Waals surface area contributed by atoms with Crippen molar-refractivity contribution in [3.63, 3.8) is 0 Å². The molecular weight excluding hydrogens is 256 g/mol. The first kappa shape index (κ1) is 14.1. The number of carbonyl (C=O) groups is 1. The minimum absolute atomic E-state index is 0.202. The second-order valence-corrected chi connectivity index (χ2v) is 4.37. The van der Waals surface area contributed by atoms with Crippen molar-refractivity contribution in [1.82, 2.24) is 9.78 Å². The van der Waals surface area contributed by atoms with Gasteiger partial charge in [0.2, 0.25) is 0 Å². The summed E-state index contributed by atoms with van der Waals surface area (Å²) in [4.78, 5) is 11.3. The lowest BCUT2D eigenvalue weighted by Gasteiger charge is -2.07. The van der Waals surface area contributed by atoms with Crippen LogP contribution < -0.4 is 4.74 Å². The van der Waals surface area contributed by atoms with Gasteiger partial charge >= 0.3 is 5.97 Å². The molecule has 0 unspecified atom stereocenters. The summed E-state index contributed by atoms with van der Waals surface area (Å²) in [6, 6.07) is 9.11. The van der Waals surface area contributed by atoms with Crippen LogP contribution in [0.4, 0.5) is 0 Å². The number of para-hydroxylation sites is 1. The molecule has 2 rings (SSSR count). The van der Waals surface area contributed by atoms with E-state index in [0.717, 1.165) is 12.0 Å². The van der Waals surface area contributed by atoms with E-state index < -0.39 is 5.97 Å². The Morgan fingerprint density at radius 2 is 2.10 bits per heavy atom. The summed E-state index contributed by atoms with van der Waals surface area (Å²) in [5.41, 5.74) is 1.64. The monoisotopic (exact) mass is 274 g/mol. The van der Waals surface area contributed by atoms with Gasteiger partial charge in [0, 0.05) is 12.1 Å². The molecule has 0 radical (unpaired) electrons. The summed E-state index contributed by atoms with van der Waals surface area (Å²) in [5, 5.41) is 13.6. The zero-order valence-electron chi connectivity index (χ0n) is 11.7. The molecular formula is C15H18N2O3. The summed E-state index contributed by atoms with van der Waals surface area (Å²) < 4.78 is 7.09. The van der Waals surface area contributed by atoms with E-state index in [1.165, 1.54) is 4.68 Å². The van der Waals surface area contributed by atoms with E-state index in [4.69, 9.17) is 4.74 Å². The average Bonchev–Trinajstić information content (AvgIpc) is 2.84. The molecule has 0 aliphatic rings. The predicted octanol–water partition coefficient (Wildman–Crippen LogP) is 3.06. The highest BCUT2D eigenvalue weighted by Gasteiger charge is 2.16. The Kier molecular flexibility index (Phi) is 4.40. The number of rotatable bonds is 6. The first-order chi connectivity index (χ1) is 9.67. The highest BCUT2D eigenvalue weighted by Crippen LogP contribution is 2.29. The quantitative estimate of drug-likeness (QED) is 0.879. The van der Waals surface area contributed by atoms with Crippen LogP contribution in [-0.2, 0) is 6.54 Å². The molecule has 0 aliphatic carbocycles. The van der Waals surface area contributed by atoms with Crippen molar-refractivity contribution in [3.8, 4) is 17.0 Å². The van der Waals surface area contributed by atoms with E-state index in [2.05, 4.69) is 5.10 Å². The van der Waals surface area contributed by atoms with E-state index in [0.29, 0.717) is 24.6 Å². The number of hydrogen-bond donors (Lipinski definition) is 1. The number of ether oxygens (including phenoxy) is 1. The molecule has 0 atom stereocenters. The molecule has 20 heavy (non-hydrogen) atoms. The van der Waals surface area contributed by atoms with Crippen LogP contribution in [0.15, 0.2) is 30.3 Å². The van der Waals surface area contributed by atoms with Crippen LogP contribution in [0.2, 0.25) is 0 Å². The third kappa shape index (κ3) is 2.82. The van der Waals surface area contributed by atoms with Gasteiger partial charge in [-0.25, -0.2) is 4.79 Å². The number of carboxylic acids is 1. The largest absolute Gasteiger partial charge is 0.493 e. The Hall–Kier alpha value is -2.30. The van der Waals surface area contributed by atoms with E-state index in [1.807, 2.05) is 38.1 Å². The van der Waals surface area contributed by atoms with Crippen LogP contribution >= 0.6 is 0 Å². The average molecular weight is 274 g/mol. The molecule has 1 aromatic carbocycles. The number of carboxylic acid groups (broad SMARTS) is 1. The Balaban J connectivity index is 2.47. The Morgan fingerprint density at radius 3 is 2.75 bits per heavy atom. The zero-order chi connectivity index (χ0) is 14.5. The normalized spacial score (nSPS) is 10.5. The van der Waals surface area contributed by atoms with Crippen LogP contribution in [0, 0.1) is 0 Å². The van der Waals surface area contributed by atoms with Gasteiger partial charge < -0.3 is 9.84 Å². The van der Waals surface area contributed by atoms with Crippen LogP contribution in [0.1, 0.15) is 30.8 Å². The van der Waals surface area contributed by atoms with E-state index in [9.17, 15) is 9.90 Å². The molecule has 5 heteroatoms. The molecule has 1 heterocycles. The fraction of sp³-hybridized carbons (Fsp3) is 0.333.